The number of nitrogens with one attached hydrogen (secondary N) is 2. The van der Waals surface area contributed by atoms with Crippen LogP contribution in [0.1, 0.15) is 39.5 Å². The number of azide groups is 1. The molecule has 0 spiro atoms. The van der Waals surface area contributed by atoms with Gasteiger partial charge in [0.15, 0.2) is 0 Å². The van der Waals surface area contributed by atoms with Gasteiger partial charge in [-0.15, -0.1) is 0 Å². The molecule has 19 heteroatoms. The van der Waals surface area contributed by atoms with Crippen LogP contribution in [0, 0.1) is 5.92 Å². The molecule has 0 saturated carbocycles. The summed E-state index contributed by atoms with van der Waals surface area (Å²) in [7, 11) is 0. The monoisotopic (exact) mass is 752 g/mol. The van der Waals surface area contributed by atoms with Gasteiger partial charge in [-0.2, -0.15) is 0 Å². The molecule has 19 nitrogen and oxygen atoms in total. The number of nitrogens with two attached hydrogens (primary N) is 1. The summed E-state index contributed by atoms with van der Waals surface area (Å²) in [5.74, 6) is -0.471. The van der Waals surface area contributed by atoms with Crippen LogP contribution in [0.15, 0.2) is 5.11 Å². The van der Waals surface area contributed by atoms with E-state index in [-0.39, 0.29) is 49.6 Å². The number of ether oxygens (including phenoxy) is 10. The zero-order valence-electron chi connectivity index (χ0n) is 31.3. The molecule has 0 bridgehead atoms. The molecule has 0 unspecified atom stereocenters. The van der Waals surface area contributed by atoms with Gasteiger partial charge in [-0.25, -0.2) is 0 Å². The van der Waals surface area contributed by atoms with Gasteiger partial charge in [0.25, 0.3) is 0 Å². The third-order valence-electron chi connectivity index (χ3n) is 6.37. The van der Waals surface area contributed by atoms with Crippen molar-refractivity contribution in [1.29, 1.82) is 0 Å². The molecule has 4 N–H and O–H groups in total. The van der Waals surface area contributed by atoms with Crippen molar-refractivity contribution in [2.45, 2.75) is 45.6 Å². The number of hydrogen-bond acceptors (Lipinski definition) is 15. The van der Waals surface area contributed by atoms with Gasteiger partial charge in [-0.3, -0.25) is 14.4 Å². The van der Waals surface area contributed by atoms with E-state index in [4.69, 9.17) is 58.6 Å². The first kappa shape index (κ1) is 49.3. The Kier molecular flexibility index (Phi) is 37.5. The summed E-state index contributed by atoms with van der Waals surface area (Å²) in [5, 5.41) is 8.80. The van der Waals surface area contributed by atoms with Crippen molar-refractivity contribution in [2.24, 2.45) is 16.8 Å². The molecular weight excluding hydrogens is 688 g/mol. The molecule has 0 aromatic heterocycles. The molecule has 0 aromatic rings. The highest BCUT2D eigenvalue weighted by Crippen LogP contribution is 2.03. The van der Waals surface area contributed by atoms with Crippen molar-refractivity contribution in [3.63, 3.8) is 0 Å². The summed E-state index contributed by atoms with van der Waals surface area (Å²) >= 11 is 0. The van der Waals surface area contributed by atoms with E-state index in [1.807, 2.05) is 13.8 Å². The number of amides is 2. The highest BCUT2D eigenvalue weighted by atomic mass is 16.6. The molecule has 0 saturated heterocycles. The quantitative estimate of drug-likeness (QED) is 0.0258. The average molecular weight is 753 g/mol. The van der Waals surface area contributed by atoms with E-state index in [9.17, 15) is 14.4 Å². The van der Waals surface area contributed by atoms with Crippen LogP contribution in [0.4, 0.5) is 0 Å². The summed E-state index contributed by atoms with van der Waals surface area (Å²) < 4.78 is 53.7. The Bertz CT molecular complexity index is 900. The van der Waals surface area contributed by atoms with Crippen LogP contribution < -0.4 is 16.4 Å². The zero-order valence-corrected chi connectivity index (χ0v) is 31.3. The zero-order chi connectivity index (χ0) is 38.2. The molecular formula is C33H64N6O13. The molecule has 1 atom stereocenters. The number of rotatable bonds is 40. The molecule has 0 aromatic carbocycles. The summed E-state index contributed by atoms with van der Waals surface area (Å²) in [6.07, 6.45) is 0.840. The first-order chi connectivity index (χ1) is 25.3. The van der Waals surface area contributed by atoms with Crippen LogP contribution >= 0.6 is 0 Å². The van der Waals surface area contributed by atoms with E-state index in [1.54, 1.807) is 0 Å². The van der Waals surface area contributed by atoms with E-state index in [0.717, 1.165) is 0 Å². The van der Waals surface area contributed by atoms with Crippen LogP contribution in [-0.4, -0.2) is 169 Å². The minimum Gasteiger partial charge on any atom is -0.465 e. The molecule has 0 heterocycles. The van der Waals surface area contributed by atoms with Crippen LogP contribution in [0.2, 0.25) is 0 Å². The van der Waals surface area contributed by atoms with Gasteiger partial charge in [0.05, 0.1) is 132 Å². The van der Waals surface area contributed by atoms with Gasteiger partial charge >= 0.3 is 5.97 Å². The van der Waals surface area contributed by atoms with Crippen molar-refractivity contribution in [1.82, 2.24) is 10.6 Å². The third-order valence-corrected chi connectivity index (χ3v) is 6.37. The van der Waals surface area contributed by atoms with Gasteiger partial charge in [0.1, 0.15) is 0 Å². The lowest BCUT2D eigenvalue weighted by Crippen LogP contribution is -2.35. The molecule has 0 fully saturated rings. The maximum atomic E-state index is 11.9. The number of esters is 1. The Balaban J connectivity index is 3.29. The second-order valence-electron chi connectivity index (χ2n) is 11.5. The number of carbonyl (C=O) groups excluding carboxylic acids is 3. The standard InChI is InChI=1S/C33H64N6O13/c1-29(2)28-52-33(42)27-30(34)3-4-31(40)36-6-7-37-32(41)5-9-43-11-13-45-15-17-47-19-21-49-23-25-51-26-24-50-22-20-48-18-16-46-14-12-44-10-8-38-39-35/h29-30H,3-28,34H2,1-2H3,(H,36,40)(H,37,41)/t30-/m0/s1. The Hall–Kier alpha value is -2.68. The van der Waals surface area contributed by atoms with Crippen molar-refractivity contribution >= 4 is 17.8 Å². The average Bonchev–Trinajstić information content (AvgIpc) is 3.12. The lowest BCUT2D eigenvalue weighted by molar-refractivity contribution is -0.145. The summed E-state index contributed by atoms with van der Waals surface area (Å²) in [6.45, 7) is 13.0. The maximum Gasteiger partial charge on any atom is 0.307 e. The highest BCUT2D eigenvalue weighted by Gasteiger charge is 2.13. The van der Waals surface area contributed by atoms with Crippen molar-refractivity contribution in [2.75, 3.05) is 145 Å². The molecule has 0 radical (unpaired) electrons. The second-order valence-corrected chi connectivity index (χ2v) is 11.5. The first-order valence-electron chi connectivity index (χ1n) is 18.0. The van der Waals surface area contributed by atoms with E-state index in [2.05, 4.69) is 20.7 Å². The molecule has 0 aliphatic rings. The highest BCUT2D eigenvalue weighted by molar-refractivity contribution is 5.77. The van der Waals surface area contributed by atoms with Crippen LogP contribution in [-0.2, 0) is 61.8 Å². The Morgan fingerprint density at radius 2 is 0.962 bits per heavy atom. The van der Waals surface area contributed by atoms with Crippen LogP contribution in [0.5, 0.6) is 0 Å². The van der Waals surface area contributed by atoms with Crippen molar-refractivity contribution in [3.8, 4) is 0 Å². The smallest absolute Gasteiger partial charge is 0.307 e. The van der Waals surface area contributed by atoms with Gasteiger partial charge in [-0.05, 0) is 17.9 Å². The van der Waals surface area contributed by atoms with Gasteiger partial charge in [0, 0.05) is 43.4 Å². The minimum absolute atomic E-state index is 0.0764. The molecule has 2 amide bonds. The van der Waals surface area contributed by atoms with E-state index < -0.39 is 6.04 Å². The largest absolute Gasteiger partial charge is 0.465 e. The normalized spacial score (nSPS) is 11.7. The summed E-state index contributed by atoms with van der Waals surface area (Å²) in [4.78, 5) is 38.2. The first-order valence-corrected chi connectivity index (χ1v) is 18.0. The molecule has 0 aliphatic heterocycles. The lowest BCUT2D eigenvalue weighted by Gasteiger charge is -2.12. The van der Waals surface area contributed by atoms with E-state index >= 15 is 0 Å². The fraction of sp³-hybridized carbons (Fsp3) is 0.909. The SMILES string of the molecule is CC(C)COC(=O)C[C@@H](N)CCC(=O)NCCNC(=O)CCOCCOCCOCCOCCOCCOCCOCCOCCOCCN=[N+]=[N-]. The molecule has 304 valence electrons. The fourth-order valence-corrected chi connectivity index (χ4v) is 3.71. The Morgan fingerprint density at radius 1 is 0.596 bits per heavy atom. The van der Waals surface area contributed by atoms with E-state index in [1.165, 1.54) is 0 Å². The molecule has 52 heavy (non-hydrogen) atoms. The molecule has 0 rings (SSSR count). The van der Waals surface area contributed by atoms with Gasteiger partial charge in [0.2, 0.25) is 11.8 Å². The lowest BCUT2D eigenvalue weighted by atomic mass is 10.1. The second kappa shape index (κ2) is 39.5. The van der Waals surface area contributed by atoms with E-state index in [0.29, 0.717) is 145 Å². The number of hydrogen-bond donors (Lipinski definition) is 3. The number of carbonyl (C=O) groups is 3. The number of nitrogens with zero attached hydrogens (tertiary/aromatic N) is 3. The van der Waals surface area contributed by atoms with Crippen molar-refractivity contribution < 1.29 is 61.8 Å². The minimum atomic E-state index is -0.440. The summed E-state index contributed by atoms with van der Waals surface area (Å²) in [5.41, 5.74) is 14.0. The predicted molar refractivity (Wildman–Crippen MR) is 190 cm³/mol. The van der Waals surface area contributed by atoms with Gasteiger partial charge < -0.3 is 63.7 Å². The Labute approximate surface area is 308 Å². The summed E-state index contributed by atoms with van der Waals surface area (Å²) in [6, 6.07) is -0.440. The van der Waals surface area contributed by atoms with Gasteiger partial charge in [-0.1, -0.05) is 19.0 Å². The topological polar surface area (TPSA) is 242 Å². The third kappa shape index (κ3) is 40.1. The van der Waals surface area contributed by atoms with Crippen LogP contribution in [0.25, 0.3) is 10.4 Å². The predicted octanol–water partition coefficient (Wildman–Crippen LogP) is 0.765. The Morgan fingerprint density at radius 3 is 1.35 bits per heavy atom. The fourth-order valence-electron chi connectivity index (χ4n) is 3.71. The maximum absolute atomic E-state index is 11.9. The molecule has 0 aliphatic carbocycles. The van der Waals surface area contributed by atoms with Crippen molar-refractivity contribution in [3.05, 3.63) is 10.4 Å². The van der Waals surface area contributed by atoms with Crippen LogP contribution in [0.3, 0.4) is 0 Å².